The summed E-state index contributed by atoms with van der Waals surface area (Å²) in [5.41, 5.74) is 8.92. The van der Waals surface area contributed by atoms with Gasteiger partial charge in [-0.15, -0.1) is 0 Å². The largest absolute Gasteiger partial charge is 0.253 e. The fourth-order valence-corrected chi connectivity index (χ4v) is 4.48. The predicted octanol–water partition coefficient (Wildman–Crippen LogP) is 9.30. The Balaban J connectivity index is 1.83. The molecule has 1 atom stereocenters. The lowest BCUT2D eigenvalue weighted by atomic mass is 9.94. The molecule has 5 aromatic rings. The first-order chi connectivity index (χ1) is 17.0. The van der Waals surface area contributed by atoms with Gasteiger partial charge in [0.15, 0.2) is 0 Å². The van der Waals surface area contributed by atoms with Gasteiger partial charge in [-0.05, 0) is 64.4 Å². The maximum atomic E-state index is 5.10. The van der Waals surface area contributed by atoms with Crippen molar-refractivity contribution in [2.45, 2.75) is 40.0 Å². The summed E-state index contributed by atoms with van der Waals surface area (Å²) >= 11 is 0. The molecule has 5 rings (SSSR count). The Bertz CT molecular complexity index is 1500. The molecule has 35 heavy (non-hydrogen) atoms. The molecule has 0 amide bonds. The molecule has 174 valence electrons. The van der Waals surface area contributed by atoms with Crippen LogP contribution in [0.4, 0.5) is 0 Å². The highest BCUT2D eigenvalue weighted by Gasteiger charge is 2.14. The normalized spacial score (nSPS) is 12.7. The first-order valence-electron chi connectivity index (χ1n) is 12.6. The number of allylic oxidation sites excluding steroid dienone is 1. The van der Waals surface area contributed by atoms with Crippen LogP contribution >= 0.6 is 0 Å². The molecule has 0 spiro atoms. The monoisotopic (exact) mass is 456 g/mol. The van der Waals surface area contributed by atoms with Gasteiger partial charge in [-0.1, -0.05) is 101 Å². The van der Waals surface area contributed by atoms with Crippen LogP contribution in [0.25, 0.3) is 50.1 Å². The summed E-state index contributed by atoms with van der Waals surface area (Å²) in [7, 11) is 0. The number of nitrogens with zero attached hydrogens (tertiary/aromatic N) is 2. The Kier molecular flexibility index (Phi) is 6.46. The van der Waals surface area contributed by atoms with Crippen molar-refractivity contribution in [2.24, 2.45) is 5.92 Å². The van der Waals surface area contributed by atoms with Crippen molar-refractivity contribution in [3.63, 3.8) is 0 Å². The summed E-state index contributed by atoms with van der Waals surface area (Å²) in [6.07, 6.45) is 5.54. The van der Waals surface area contributed by atoms with E-state index in [1.165, 1.54) is 22.3 Å². The third kappa shape index (κ3) is 4.74. The molecular weight excluding hydrogens is 424 g/mol. The van der Waals surface area contributed by atoms with Crippen LogP contribution in [-0.4, -0.2) is 9.97 Å². The third-order valence-electron chi connectivity index (χ3n) is 6.78. The van der Waals surface area contributed by atoms with E-state index in [1.807, 2.05) is 0 Å². The fourth-order valence-electron chi connectivity index (χ4n) is 4.48. The molecule has 2 nitrogen and oxygen atoms in total. The topological polar surface area (TPSA) is 25.8 Å². The summed E-state index contributed by atoms with van der Waals surface area (Å²) < 4.78 is 0. The van der Waals surface area contributed by atoms with Gasteiger partial charge in [0.1, 0.15) is 0 Å². The second kappa shape index (κ2) is 9.84. The van der Waals surface area contributed by atoms with Crippen molar-refractivity contribution in [3.8, 4) is 22.3 Å². The van der Waals surface area contributed by atoms with E-state index >= 15 is 0 Å². The second-order valence-corrected chi connectivity index (χ2v) is 9.71. The molecule has 0 fully saturated rings. The number of hydrogen-bond donors (Lipinski definition) is 0. The highest BCUT2D eigenvalue weighted by atomic mass is 14.7. The van der Waals surface area contributed by atoms with Gasteiger partial charge in [-0.3, -0.25) is 4.98 Å². The van der Waals surface area contributed by atoms with E-state index in [9.17, 15) is 0 Å². The minimum atomic E-state index is 0.345. The third-order valence-corrected chi connectivity index (χ3v) is 6.78. The van der Waals surface area contributed by atoms with Gasteiger partial charge in [-0.2, -0.15) is 0 Å². The molecule has 0 aliphatic carbocycles. The smallest absolute Gasteiger partial charge is 0.0723 e. The van der Waals surface area contributed by atoms with Crippen LogP contribution in [0.5, 0.6) is 0 Å². The van der Waals surface area contributed by atoms with Gasteiger partial charge in [0, 0.05) is 16.5 Å². The van der Waals surface area contributed by atoms with Gasteiger partial charge in [0.25, 0.3) is 0 Å². The van der Waals surface area contributed by atoms with Gasteiger partial charge in [-0.25, -0.2) is 4.98 Å². The van der Waals surface area contributed by atoms with Gasteiger partial charge >= 0.3 is 0 Å². The maximum absolute atomic E-state index is 5.10. The Morgan fingerprint density at radius 2 is 1.23 bits per heavy atom. The van der Waals surface area contributed by atoms with Crippen LogP contribution in [-0.2, 0) is 0 Å². The summed E-state index contributed by atoms with van der Waals surface area (Å²) in [6, 6.07) is 30.2. The second-order valence-electron chi connectivity index (χ2n) is 9.71. The van der Waals surface area contributed by atoms with Crippen LogP contribution < -0.4 is 0 Å². The van der Waals surface area contributed by atoms with Gasteiger partial charge < -0.3 is 0 Å². The van der Waals surface area contributed by atoms with Gasteiger partial charge in [0.05, 0.1) is 16.7 Å². The molecular formula is C33H32N2. The van der Waals surface area contributed by atoms with Crippen LogP contribution in [0, 0.1) is 5.92 Å². The van der Waals surface area contributed by atoms with Crippen LogP contribution in [0.2, 0.25) is 0 Å². The Morgan fingerprint density at radius 1 is 0.686 bits per heavy atom. The number of rotatable bonds is 6. The van der Waals surface area contributed by atoms with E-state index in [0.717, 1.165) is 39.6 Å². The summed E-state index contributed by atoms with van der Waals surface area (Å²) in [6.45, 7) is 8.87. The van der Waals surface area contributed by atoms with Crippen molar-refractivity contribution in [1.82, 2.24) is 9.97 Å². The first kappa shape index (κ1) is 23.0. The summed E-state index contributed by atoms with van der Waals surface area (Å²) in [5, 5.41) is 2.28. The highest BCUT2D eigenvalue weighted by molar-refractivity contribution is 6.07. The molecule has 3 aromatic carbocycles. The summed E-state index contributed by atoms with van der Waals surface area (Å²) in [5.74, 6) is 0.866. The minimum Gasteiger partial charge on any atom is -0.253 e. The van der Waals surface area contributed by atoms with Crippen LogP contribution in [0.1, 0.15) is 51.4 Å². The van der Waals surface area contributed by atoms with Crippen molar-refractivity contribution in [2.75, 3.05) is 0 Å². The zero-order valence-electron chi connectivity index (χ0n) is 21.0. The lowest BCUT2D eigenvalue weighted by Crippen LogP contribution is -1.97. The number of aromatic nitrogens is 2. The maximum Gasteiger partial charge on any atom is 0.0723 e. The number of fused-ring (bicyclic) bond motifs is 2. The Hall–Kier alpha value is -3.78. The molecule has 0 N–H and O–H groups in total. The standard InChI is InChI=1S/C33H32N2/c1-5-23(4)16-17-26-18-27(24-12-8-6-9-13-24)29-21-33-30(20-32(29)34-26)28(19-31(35-33)22(2)3)25-14-10-7-11-15-25/h6-23H,5H2,1-4H3/b17-16+. The van der Waals surface area contributed by atoms with Gasteiger partial charge in [0.2, 0.25) is 0 Å². The zero-order chi connectivity index (χ0) is 24.4. The Morgan fingerprint density at radius 3 is 1.77 bits per heavy atom. The molecule has 0 aliphatic rings. The number of pyridine rings is 2. The van der Waals surface area contributed by atoms with E-state index in [1.54, 1.807) is 0 Å². The fraction of sp³-hybridized carbons (Fsp3) is 0.212. The van der Waals surface area contributed by atoms with Crippen molar-refractivity contribution in [1.29, 1.82) is 0 Å². The molecule has 0 aliphatic heterocycles. The van der Waals surface area contributed by atoms with Crippen LogP contribution in [0.15, 0.2) is 91.0 Å². The summed E-state index contributed by atoms with van der Waals surface area (Å²) in [4.78, 5) is 10.2. The van der Waals surface area contributed by atoms with Crippen molar-refractivity contribution >= 4 is 27.9 Å². The highest BCUT2D eigenvalue weighted by Crippen LogP contribution is 2.36. The molecule has 0 radical (unpaired) electrons. The minimum absolute atomic E-state index is 0.345. The van der Waals surface area contributed by atoms with E-state index in [4.69, 9.17) is 9.97 Å². The molecule has 2 heteroatoms. The SMILES string of the molecule is CCC(C)/C=C/c1cc(-c2ccccc2)c2cc3nc(C(C)C)cc(-c4ccccc4)c3cc2n1. The average Bonchev–Trinajstić information content (AvgIpc) is 2.90. The average molecular weight is 457 g/mol. The Labute approximate surface area is 208 Å². The van der Waals surface area contributed by atoms with Crippen molar-refractivity contribution in [3.05, 3.63) is 102 Å². The number of benzene rings is 3. The molecule has 0 saturated carbocycles. The number of hydrogen-bond acceptors (Lipinski definition) is 2. The predicted molar refractivity (Wildman–Crippen MR) is 150 cm³/mol. The van der Waals surface area contributed by atoms with E-state index in [2.05, 4.69) is 125 Å². The molecule has 1 unspecified atom stereocenters. The lowest BCUT2D eigenvalue weighted by molar-refractivity contribution is 0.701. The molecule has 2 aromatic heterocycles. The molecule has 0 saturated heterocycles. The van der Waals surface area contributed by atoms with E-state index in [-0.39, 0.29) is 0 Å². The van der Waals surface area contributed by atoms with Crippen LogP contribution in [0.3, 0.4) is 0 Å². The van der Waals surface area contributed by atoms with E-state index in [0.29, 0.717) is 11.8 Å². The quantitative estimate of drug-likeness (QED) is 0.238. The molecule has 0 bridgehead atoms. The molecule has 2 heterocycles. The first-order valence-corrected chi connectivity index (χ1v) is 12.6. The van der Waals surface area contributed by atoms with Crippen molar-refractivity contribution < 1.29 is 0 Å². The zero-order valence-corrected chi connectivity index (χ0v) is 21.0. The lowest BCUT2D eigenvalue weighted by Gasteiger charge is -2.15. The van der Waals surface area contributed by atoms with E-state index < -0.39 is 0 Å².